The molecule has 6 heteroatoms. The van der Waals surface area contributed by atoms with Gasteiger partial charge in [-0.3, -0.25) is 0 Å². The molecule has 0 aliphatic carbocycles. The minimum absolute atomic E-state index is 0.0801. The summed E-state index contributed by atoms with van der Waals surface area (Å²) >= 11 is 6.80. The lowest BCUT2D eigenvalue weighted by Gasteiger charge is -2.00. The fourth-order valence-corrected chi connectivity index (χ4v) is 3.04. The Labute approximate surface area is 133 Å². The van der Waals surface area contributed by atoms with E-state index in [1.54, 1.807) is 0 Å². The number of carboxylic acid groups (broad SMARTS) is 1. The van der Waals surface area contributed by atoms with Gasteiger partial charge < -0.3 is 9.52 Å². The zero-order valence-corrected chi connectivity index (χ0v) is 14.2. The quantitative estimate of drug-likeness (QED) is 0.800. The van der Waals surface area contributed by atoms with Gasteiger partial charge in [0, 0.05) is 8.95 Å². The van der Waals surface area contributed by atoms with Crippen molar-refractivity contribution >= 4 is 37.8 Å². The van der Waals surface area contributed by atoms with Gasteiger partial charge in [-0.15, -0.1) is 0 Å². The Bertz CT molecular complexity index is 650. The summed E-state index contributed by atoms with van der Waals surface area (Å²) in [5.41, 5.74) is 1.21. The fourth-order valence-electron chi connectivity index (χ4n) is 1.82. The minimum Gasteiger partial charge on any atom is -0.475 e. The molecule has 0 aliphatic heterocycles. The summed E-state index contributed by atoms with van der Waals surface area (Å²) in [5, 5.41) is 9.20. The number of rotatable bonds is 4. The van der Waals surface area contributed by atoms with E-state index in [9.17, 15) is 9.90 Å². The predicted molar refractivity (Wildman–Crippen MR) is 82.8 cm³/mol. The van der Waals surface area contributed by atoms with Gasteiger partial charge in [0.25, 0.3) is 0 Å². The lowest BCUT2D eigenvalue weighted by Crippen LogP contribution is -2.03. The lowest BCUT2D eigenvalue weighted by atomic mass is 10.1. The highest BCUT2D eigenvalue weighted by molar-refractivity contribution is 9.11. The lowest BCUT2D eigenvalue weighted by molar-refractivity contribution is 0.0661. The van der Waals surface area contributed by atoms with Crippen LogP contribution in [0.25, 0.3) is 11.5 Å². The summed E-state index contributed by atoms with van der Waals surface area (Å²) in [6.07, 6.45) is 0.569. The SMILES string of the molecule is CC(C)Cc1nc(-c2ccc(Br)cc2Br)oc1C(=O)O. The van der Waals surface area contributed by atoms with E-state index in [0.29, 0.717) is 23.9 Å². The predicted octanol–water partition coefficient (Wildman–Crippen LogP) is 4.76. The first-order valence-electron chi connectivity index (χ1n) is 6.07. The molecule has 20 heavy (non-hydrogen) atoms. The molecule has 106 valence electrons. The molecule has 0 amide bonds. The molecule has 1 aromatic carbocycles. The van der Waals surface area contributed by atoms with E-state index < -0.39 is 5.97 Å². The molecule has 0 saturated heterocycles. The van der Waals surface area contributed by atoms with Crippen LogP contribution in [0.4, 0.5) is 0 Å². The monoisotopic (exact) mass is 401 g/mol. The first-order chi connectivity index (χ1) is 9.38. The molecule has 0 radical (unpaired) electrons. The van der Waals surface area contributed by atoms with Crippen molar-refractivity contribution < 1.29 is 14.3 Å². The average Bonchev–Trinajstić information content (AvgIpc) is 2.71. The Morgan fingerprint density at radius 2 is 2.10 bits per heavy atom. The zero-order valence-electron chi connectivity index (χ0n) is 11.0. The van der Waals surface area contributed by atoms with Crippen LogP contribution in [0.3, 0.4) is 0 Å². The smallest absolute Gasteiger partial charge is 0.373 e. The van der Waals surface area contributed by atoms with Gasteiger partial charge in [-0.25, -0.2) is 9.78 Å². The Kier molecular flexibility index (Phi) is 4.65. The fraction of sp³-hybridized carbons (Fsp3) is 0.286. The number of carbonyl (C=O) groups is 1. The molecule has 0 saturated carbocycles. The van der Waals surface area contributed by atoms with E-state index in [2.05, 4.69) is 36.8 Å². The van der Waals surface area contributed by atoms with Gasteiger partial charge in [0.15, 0.2) is 0 Å². The summed E-state index contributed by atoms with van der Waals surface area (Å²) in [4.78, 5) is 15.6. The van der Waals surface area contributed by atoms with Crippen LogP contribution in [-0.4, -0.2) is 16.1 Å². The van der Waals surface area contributed by atoms with Crippen LogP contribution < -0.4 is 0 Å². The van der Waals surface area contributed by atoms with Crippen molar-refractivity contribution in [2.45, 2.75) is 20.3 Å². The number of hydrogen-bond acceptors (Lipinski definition) is 3. The van der Waals surface area contributed by atoms with Gasteiger partial charge in [0.1, 0.15) is 0 Å². The van der Waals surface area contributed by atoms with Crippen LogP contribution >= 0.6 is 31.9 Å². The van der Waals surface area contributed by atoms with E-state index in [1.807, 2.05) is 32.0 Å². The second-order valence-corrected chi connectivity index (χ2v) is 6.59. The molecule has 1 N–H and O–H groups in total. The summed E-state index contributed by atoms with van der Waals surface area (Å²) < 4.78 is 7.14. The average molecular weight is 403 g/mol. The number of hydrogen-bond donors (Lipinski definition) is 1. The van der Waals surface area contributed by atoms with Crippen molar-refractivity contribution in [1.29, 1.82) is 0 Å². The molecular formula is C14H13Br2NO3. The zero-order chi connectivity index (χ0) is 14.9. The third-order valence-electron chi connectivity index (χ3n) is 2.65. The Balaban J connectivity index is 2.49. The Morgan fingerprint density at radius 3 is 2.65 bits per heavy atom. The third-order valence-corrected chi connectivity index (χ3v) is 3.80. The first kappa shape index (κ1) is 15.3. The number of aromatic nitrogens is 1. The van der Waals surface area contributed by atoms with Gasteiger partial charge in [-0.1, -0.05) is 29.8 Å². The van der Waals surface area contributed by atoms with Gasteiger partial charge in [0.2, 0.25) is 11.7 Å². The van der Waals surface area contributed by atoms with Crippen molar-refractivity contribution in [3.05, 3.63) is 38.6 Å². The van der Waals surface area contributed by atoms with Crippen LogP contribution in [-0.2, 0) is 6.42 Å². The molecule has 0 atom stereocenters. The van der Waals surface area contributed by atoms with Crippen LogP contribution in [0, 0.1) is 5.92 Å². The Hall–Kier alpha value is -1.14. The van der Waals surface area contributed by atoms with Crippen LogP contribution in [0.5, 0.6) is 0 Å². The molecule has 2 aromatic rings. The standard InChI is InChI=1S/C14H13Br2NO3/c1-7(2)5-11-12(14(18)19)20-13(17-11)9-4-3-8(15)6-10(9)16/h3-4,6-7H,5H2,1-2H3,(H,18,19). The maximum Gasteiger partial charge on any atom is 0.373 e. The number of benzene rings is 1. The second-order valence-electron chi connectivity index (χ2n) is 4.82. The molecule has 2 rings (SSSR count). The second kappa shape index (κ2) is 6.10. The van der Waals surface area contributed by atoms with E-state index in [0.717, 1.165) is 14.5 Å². The molecule has 0 unspecified atom stereocenters. The molecular weight excluding hydrogens is 390 g/mol. The number of carboxylic acids is 1. The molecule has 0 bridgehead atoms. The van der Waals surface area contributed by atoms with Crippen molar-refractivity contribution in [1.82, 2.24) is 4.98 Å². The maximum atomic E-state index is 11.2. The Morgan fingerprint density at radius 1 is 1.40 bits per heavy atom. The van der Waals surface area contributed by atoms with Gasteiger partial charge in [-0.2, -0.15) is 0 Å². The highest BCUT2D eigenvalue weighted by Crippen LogP contribution is 2.32. The number of aromatic carboxylic acids is 1. The molecule has 1 aromatic heterocycles. The van der Waals surface area contributed by atoms with E-state index in [1.165, 1.54) is 0 Å². The number of nitrogens with zero attached hydrogens (tertiary/aromatic N) is 1. The molecule has 0 aliphatic rings. The maximum absolute atomic E-state index is 11.2. The number of halogens is 2. The number of oxazole rings is 1. The van der Waals surface area contributed by atoms with Crippen LogP contribution in [0.2, 0.25) is 0 Å². The molecule has 4 nitrogen and oxygen atoms in total. The van der Waals surface area contributed by atoms with Gasteiger partial charge >= 0.3 is 5.97 Å². The topological polar surface area (TPSA) is 63.3 Å². The third kappa shape index (κ3) is 3.30. The van der Waals surface area contributed by atoms with Crippen molar-refractivity contribution in [3.63, 3.8) is 0 Å². The van der Waals surface area contributed by atoms with Gasteiger partial charge in [0.05, 0.1) is 11.3 Å². The highest BCUT2D eigenvalue weighted by Gasteiger charge is 2.22. The van der Waals surface area contributed by atoms with E-state index in [-0.39, 0.29) is 5.76 Å². The normalized spacial score (nSPS) is 11.1. The minimum atomic E-state index is -1.09. The van der Waals surface area contributed by atoms with Crippen molar-refractivity contribution in [2.75, 3.05) is 0 Å². The summed E-state index contributed by atoms with van der Waals surface area (Å²) in [5.74, 6) is -0.548. The van der Waals surface area contributed by atoms with Crippen LogP contribution in [0.15, 0.2) is 31.6 Å². The van der Waals surface area contributed by atoms with Gasteiger partial charge in [-0.05, 0) is 46.5 Å². The van der Waals surface area contributed by atoms with E-state index in [4.69, 9.17) is 4.42 Å². The van der Waals surface area contributed by atoms with E-state index >= 15 is 0 Å². The molecule has 0 spiro atoms. The van der Waals surface area contributed by atoms with Crippen molar-refractivity contribution in [2.24, 2.45) is 5.92 Å². The first-order valence-corrected chi connectivity index (χ1v) is 7.65. The highest BCUT2D eigenvalue weighted by atomic mass is 79.9. The van der Waals surface area contributed by atoms with Crippen molar-refractivity contribution in [3.8, 4) is 11.5 Å². The largest absolute Gasteiger partial charge is 0.475 e. The van der Waals surface area contributed by atoms with Crippen LogP contribution in [0.1, 0.15) is 30.1 Å². The molecule has 0 fully saturated rings. The summed E-state index contributed by atoms with van der Waals surface area (Å²) in [7, 11) is 0. The molecule has 1 heterocycles. The summed E-state index contributed by atoms with van der Waals surface area (Å²) in [6, 6.07) is 5.54. The summed E-state index contributed by atoms with van der Waals surface area (Å²) in [6.45, 7) is 4.02.